The van der Waals surface area contributed by atoms with E-state index in [1.54, 1.807) is 0 Å². The zero-order valence-corrected chi connectivity index (χ0v) is 6.91. The number of nitrogens with two attached hydrogens (primary N) is 2. The summed E-state index contributed by atoms with van der Waals surface area (Å²) in [5, 5.41) is 8.69. The SMILES string of the molecule is CCC(O)C(N)N.Cl.Cl. The smallest absolute Gasteiger partial charge is 0.0817 e. The van der Waals surface area contributed by atoms with Gasteiger partial charge in [0.25, 0.3) is 0 Å². The summed E-state index contributed by atoms with van der Waals surface area (Å²) in [6.07, 6.45) is -0.498. The number of rotatable bonds is 2. The lowest BCUT2D eigenvalue weighted by Crippen LogP contribution is -2.42. The molecule has 0 aromatic heterocycles. The first-order valence-corrected chi connectivity index (χ1v) is 2.37. The second-order valence-electron chi connectivity index (χ2n) is 1.55. The predicted molar refractivity (Wildman–Crippen MR) is 43.0 cm³/mol. The third-order valence-corrected chi connectivity index (χ3v) is 0.863. The van der Waals surface area contributed by atoms with Gasteiger partial charge in [-0.15, -0.1) is 24.8 Å². The molecule has 60 valence electrons. The third-order valence-electron chi connectivity index (χ3n) is 0.863. The van der Waals surface area contributed by atoms with Crippen molar-refractivity contribution in [2.24, 2.45) is 11.5 Å². The van der Waals surface area contributed by atoms with Crippen LogP contribution in [-0.4, -0.2) is 17.4 Å². The highest BCUT2D eigenvalue weighted by Crippen LogP contribution is 1.87. The van der Waals surface area contributed by atoms with E-state index in [1.165, 1.54) is 0 Å². The summed E-state index contributed by atoms with van der Waals surface area (Å²) in [5.74, 6) is 0. The highest BCUT2D eigenvalue weighted by Gasteiger charge is 2.04. The van der Waals surface area contributed by atoms with Gasteiger partial charge >= 0.3 is 0 Å². The topological polar surface area (TPSA) is 72.3 Å². The molecule has 0 rings (SSSR count). The number of hydrogen-bond donors (Lipinski definition) is 3. The molecule has 5 heteroatoms. The number of aliphatic hydroxyl groups excluding tert-OH is 1. The summed E-state index contributed by atoms with van der Waals surface area (Å²) in [6.45, 7) is 1.83. The molecule has 0 saturated carbocycles. The van der Waals surface area contributed by atoms with Crippen LogP contribution in [0, 0.1) is 0 Å². The molecule has 0 bridgehead atoms. The fourth-order valence-corrected chi connectivity index (χ4v) is 0.272. The van der Waals surface area contributed by atoms with Crippen LogP contribution in [0.15, 0.2) is 0 Å². The van der Waals surface area contributed by atoms with E-state index < -0.39 is 12.3 Å². The molecule has 1 atom stereocenters. The number of aliphatic hydroxyl groups is 1. The van der Waals surface area contributed by atoms with Crippen LogP contribution in [0.1, 0.15) is 13.3 Å². The number of halogens is 2. The van der Waals surface area contributed by atoms with Gasteiger partial charge in [0, 0.05) is 0 Å². The normalized spacial score (nSPS) is 11.7. The van der Waals surface area contributed by atoms with E-state index in [9.17, 15) is 0 Å². The monoisotopic (exact) mass is 176 g/mol. The van der Waals surface area contributed by atoms with Gasteiger partial charge in [0.1, 0.15) is 0 Å². The van der Waals surface area contributed by atoms with Gasteiger partial charge in [-0.25, -0.2) is 0 Å². The summed E-state index contributed by atoms with van der Waals surface area (Å²) in [4.78, 5) is 0. The van der Waals surface area contributed by atoms with Crippen molar-refractivity contribution >= 4 is 24.8 Å². The van der Waals surface area contributed by atoms with Gasteiger partial charge in [-0.2, -0.15) is 0 Å². The summed E-state index contributed by atoms with van der Waals surface area (Å²) < 4.78 is 0. The van der Waals surface area contributed by atoms with E-state index in [0.717, 1.165) is 0 Å². The lowest BCUT2D eigenvalue weighted by atomic mass is 10.2. The molecule has 5 N–H and O–H groups in total. The molecular formula is C4H14Cl2N2O. The van der Waals surface area contributed by atoms with E-state index >= 15 is 0 Å². The Hall–Kier alpha value is 0.460. The van der Waals surface area contributed by atoms with Gasteiger partial charge in [0.15, 0.2) is 0 Å². The van der Waals surface area contributed by atoms with E-state index in [1.807, 2.05) is 6.92 Å². The zero-order chi connectivity index (χ0) is 5.86. The van der Waals surface area contributed by atoms with Gasteiger partial charge in [0.2, 0.25) is 0 Å². The Morgan fingerprint density at radius 3 is 1.67 bits per heavy atom. The van der Waals surface area contributed by atoms with Gasteiger partial charge in [-0.1, -0.05) is 6.92 Å². The average Bonchev–Trinajstić information content (AvgIpc) is 1.65. The van der Waals surface area contributed by atoms with E-state index in [2.05, 4.69) is 0 Å². The Bertz CT molecular complexity index is 53.8. The fourth-order valence-electron chi connectivity index (χ4n) is 0.272. The molecule has 1 unspecified atom stereocenters. The molecule has 0 spiro atoms. The van der Waals surface area contributed by atoms with E-state index in [-0.39, 0.29) is 24.8 Å². The van der Waals surface area contributed by atoms with E-state index in [0.29, 0.717) is 6.42 Å². The minimum atomic E-state index is -0.579. The first kappa shape index (κ1) is 16.2. The van der Waals surface area contributed by atoms with Crippen LogP contribution in [0.5, 0.6) is 0 Å². The summed E-state index contributed by atoms with van der Waals surface area (Å²) in [5.41, 5.74) is 10.1. The molecule has 0 aliphatic heterocycles. The Kier molecular flexibility index (Phi) is 15.3. The zero-order valence-electron chi connectivity index (χ0n) is 5.28. The van der Waals surface area contributed by atoms with Crippen LogP contribution in [0.2, 0.25) is 0 Å². The van der Waals surface area contributed by atoms with Crippen molar-refractivity contribution in [1.29, 1.82) is 0 Å². The Labute approximate surface area is 67.6 Å². The molecule has 0 aliphatic carbocycles. The van der Waals surface area contributed by atoms with Gasteiger partial charge in [-0.3, -0.25) is 0 Å². The molecule has 0 radical (unpaired) electrons. The van der Waals surface area contributed by atoms with E-state index in [4.69, 9.17) is 16.6 Å². The number of hydrogen-bond acceptors (Lipinski definition) is 3. The Morgan fingerprint density at radius 1 is 1.33 bits per heavy atom. The standard InChI is InChI=1S/C4H12N2O.2ClH/c1-2-3(7)4(5)6;;/h3-4,7H,2,5-6H2,1H3;2*1H. The highest BCUT2D eigenvalue weighted by molar-refractivity contribution is 5.85. The molecule has 0 amide bonds. The van der Waals surface area contributed by atoms with Gasteiger partial charge in [-0.05, 0) is 6.42 Å². The Morgan fingerprint density at radius 2 is 1.67 bits per heavy atom. The second-order valence-corrected chi connectivity index (χ2v) is 1.55. The molecule has 9 heavy (non-hydrogen) atoms. The summed E-state index contributed by atoms with van der Waals surface area (Å²) in [7, 11) is 0. The van der Waals surface area contributed by atoms with Crippen LogP contribution >= 0.6 is 24.8 Å². The van der Waals surface area contributed by atoms with Crippen molar-refractivity contribution in [3.63, 3.8) is 0 Å². The molecule has 0 aliphatic rings. The lowest BCUT2D eigenvalue weighted by molar-refractivity contribution is 0.142. The largest absolute Gasteiger partial charge is 0.390 e. The maximum atomic E-state index is 8.69. The van der Waals surface area contributed by atoms with Crippen molar-refractivity contribution in [3.8, 4) is 0 Å². The molecule has 0 saturated heterocycles. The lowest BCUT2D eigenvalue weighted by Gasteiger charge is -2.09. The van der Waals surface area contributed by atoms with Crippen LogP contribution in [-0.2, 0) is 0 Å². The second kappa shape index (κ2) is 8.46. The fraction of sp³-hybridized carbons (Fsp3) is 1.00. The van der Waals surface area contributed by atoms with Crippen molar-refractivity contribution in [3.05, 3.63) is 0 Å². The average molecular weight is 177 g/mol. The van der Waals surface area contributed by atoms with Crippen LogP contribution in [0.4, 0.5) is 0 Å². The van der Waals surface area contributed by atoms with Crippen molar-refractivity contribution < 1.29 is 5.11 Å². The molecular weight excluding hydrogens is 163 g/mol. The van der Waals surface area contributed by atoms with Crippen molar-refractivity contribution in [1.82, 2.24) is 0 Å². The van der Waals surface area contributed by atoms with Crippen molar-refractivity contribution in [2.45, 2.75) is 25.6 Å². The van der Waals surface area contributed by atoms with Crippen LogP contribution in [0.3, 0.4) is 0 Å². The first-order chi connectivity index (χ1) is 3.18. The quantitative estimate of drug-likeness (QED) is 0.513. The molecule has 0 aromatic rings. The minimum absolute atomic E-state index is 0. The first-order valence-electron chi connectivity index (χ1n) is 2.37. The van der Waals surface area contributed by atoms with Crippen molar-refractivity contribution in [2.75, 3.05) is 0 Å². The predicted octanol–water partition coefficient (Wildman–Crippen LogP) is -0.156. The highest BCUT2D eigenvalue weighted by atomic mass is 35.5. The summed E-state index contributed by atoms with van der Waals surface area (Å²) >= 11 is 0. The molecule has 3 nitrogen and oxygen atoms in total. The molecule has 0 fully saturated rings. The molecule has 0 heterocycles. The third kappa shape index (κ3) is 8.46. The van der Waals surface area contributed by atoms with Gasteiger partial charge < -0.3 is 16.6 Å². The van der Waals surface area contributed by atoms with Gasteiger partial charge in [0.05, 0.1) is 12.3 Å². The maximum absolute atomic E-state index is 8.69. The minimum Gasteiger partial charge on any atom is -0.390 e. The van der Waals surface area contributed by atoms with Crippen LogP contribution < -0.4 is 11.5 Å². The maximum Gasteiger partial charge on any atom is 0.0817 e. The van der Waals surface area contributed by atoms with Crippen LogP contribution in [0.25, 0.3) is 0 Å². The summed E-state index contributed by atoms with van der Waals surface area (Å²) in [6, 6.07) is 0. The molecule has 0 aromatic carbocycles. The Balaban J connectivity index is -0.000000180.